The Hall–Kier alpha value is -1.85. The van der Waals surface area contributed by atoms with Crippen molar-refractivity contribution in [2.75, 3.05) is 38.2 Å². The molecule has 2 aromatic rings. The van der Waals surface area contributed by atoms with Gasteiger partial charge >= 0.3 is 6.18 Å². The molecule has 2 aromatic carbocycles. The van der Waals surface area contributed by atoms with E-state index < -0.39 is 11.7 Å². The zero-order chi connectivity index (χ0) is 21.8. The smallest absolute Gasteiger partial charge is 0.379 e. The molecule has 9 heteroatoms. The molecule has 0 aromatic heterocycles. The minimum atomic E-state index is -4.35. The van der Waals surface area contributed by atoms with E-state index in [1.807, 2.05) is 6.07 Å². The molecular formula is C23H28F3IN4O. The normalized spacial score (nSPS) is 18.0. The molecule has 1 atom stereocenters. The third-order valence-corrected chi connectivity index (χ3v) is 5.91. The molecule has 3 N–H and O–H groups in total. The van der Waals surface area contributed by atoms with Crippen LogP contribution in [0.5, 0.6) is 0 Å². The number of morpholine rings is 1. The third kappa shape index (κ3) is 6.14. The van der Waals surface area contributed by atoms with Gasteiger partial charge in [0.25, 0.3) is 0 Å². The average Bonchev–Trinajstić information content (AvgIpc) is 3.22. The van der Waals surface area contributed by atoms with E-state index in [-0.39, 0.29) is 30.0 Å². The summed E-state index contributed by atoms with van der Waals surface area (Å²) in [5, 5.41) is 3.15. The van der Waals surface area contributed by atoms with Gasteiger partial charge in [0.1, 0.15) is 0 Å². The van der Waals surface area contributed by atoms with Gasteiger partial charge in [0.15, 0.2) is 5.96 Å². The van der Waals surface area contributed by atoms with Crippen LogP contribution < -0.4 is 11.1 Å². The fraction of sp³-hybridized carbons (Fsp3) is 0.435. The van der Waals surface area contributed by atoms with Gasteiger partial charge in [0, 0.05) is 18.8 Å². The van der Waals surface area contributed by atoms with Gasteiger partial charge in [0.2, 0.25) is 0 Å². The number of halogens is 4. The van der Waals surface area contributed by atoms with Crippen molar-refractivity contribution in [3.63, 3.8) is 0 Å². The molecule has 1 heterocycles. The maximum atomic E-state index is 12.9. The molecule has 32 heavy (non-hydrogen) atoms. The summed E-state index contributed by atoms with van der Waals surface area (Å²) < 4.78 is 44.3. The number of hydrogen-bond donors (Lipinski definition) is 2. The number of nitrogens with two attached hydrogens (primary N) is 1. The minimum Gasteiger partial charge on any atom is -0.379 e. The summed E-state index contributed by atoms with van der Waals surface area (Å²) in [6, 6.07) is 11.4. The highest BCUT2D eigenvalue weighted by Crippen LogP contribution is 2.31. The van der Waals surface area contributed by atoms with Gasteiger partial charge in [-0.05, 0) is 60.2 Å². The van der Waals surface area contributed by atoms with Crippen molar-refractivity contribution in [2.24, 2.45) is 10.7 Å². The summed E-state index contributed by atoms with van der Waals surface area (Å²) in [5.41, 5.74) is 9.89. The molecule has 0 saturated carbocycles. The Bertz CT molecular complexity index is 928. The maximum absolute atomic E-state index is 12.9. The van der Waals surface area contributed by atoms with E-state index >= 15 is 0 Å². The first-order valence-corrected chi connectivity index (χ1v) is 10.6. The molecule has 0 radical (unpaired) electrons. The standard InChI is InChI=1S/C23H27F3N4O.HI/c24-23(25,26)19-7-4-17(5-8-19)21(30-10-12-31-13-11-30)15-28-22(27)29-20-9-6-16-2-1-3-18(16)14-20;/h4-9,14,21H,1-3,10-13,15H2,(H3,27,28,29);1H. The van der Waals surface area contributed by atoms with Crippen molar-refractivity contribution in [1.82, 2.24) is 4.90 Å². The highest BCUT2D eigenvalue weighted by atomic mass is 127. The lowest BCUT2D eigenvalue weighted by Gasteiger charge is -2.34. The SMILES string of the molecule is I.NC(=NCC(c1ccc(C(F)(F)F)cc1)N1CCOCC1)Nc1ccc2c(c1)CCC2. The molecule has 1 aliphatic carbocycles. The minimum absolute atomic E-state index is 0. The Kier molecular flexibility index (Phi) is 8.40. The van der Waals surface area contributed by atoms with Crippen LogP contribution in [-0.2, 0) is 23.8 Å². The second-order valence-corrected chi connectivity index (χ2v) is 7.97. The quantitative estimate of drug-likeness (QED) is 0.319. The number of rotatable bonds is 5. The van der Waals surface area contributed by atoms with Crippen LogP contribution in [0.2, 0.25) is 0 Å². The molecule has 0 spiro atoms. The lowest BCUT2D eigenvalue weighted by Crippen LogP contribution is -2.40. The molecule has 1 aliphatic heterocycles. The number of hydrogen-bond acceptors (Lipinski definition) is 3. The van der Waals surface area contributed by atoms with E-state index in [0.717, 1.165) is 36.2 Å². The van der Waals surface area contributed by atoms with E-state index in [0.29, 0.717) is 38.8 Å². The number of fused-ring (bicyclic) bond motifs is 1. The van der Waals surface area contributed by atoms with Crippen LogP contribution in [-0.4, -0.2) is 43.7 Å². The second-order valence-electron chi connectivity index (χ2n) is 7.97. The summed E-state index contributed by atoms with van der Waals surface area (Å²) >= 11 is 0. The molecule has 1 fully saturated rings. The van der Waals surface area contributed by atoms with Gasteiger partial charge in [-0.15, -0.1) is 24.0 Å². The highest BCUT2D eigenvalue weighted by molar-refractivity contribution is 14.0. The van der Waals surface area contributed by atoms with Crippen molar-refractivity contribution >= 4 is 35.6 Å². The first-order chi connectivity index (χ1) is 14.9. The predicted molar refractivity (Wildman–Crippen MR) is 131 cm³/mol. The lowest BCUT2D eigenvalue weighted by atomic mass is 10.0. The number of anilines is 1. The van der Waals surface area contributed by atoms with Gasteiger partial charge in [-0.1, -0.05) is 18.2 Å². The zero-order valence-electron chi connectivity index (χ0n) is 17.7. The second kappa shape index (κ2) is 10.8. The highest BCUT2D eigenvalue weighted by Gasteiger charge is 2.31. The number of alkyl halides is 3. The van der Waals surface area contributed by atoms with Gasteiger partial charge in [-0.2, -0.15) is 13.2 Å². The molecule has 1 unspecified atom stereocenters. The predicted octanol–water partition coefficient (Wildman–Crippen LogP) is 4.61. The Labute approximate surface area is 203 Å². The van der Waals surface area contributed by atoms with E-state index in [1.165, 1.54) is 29.7 Å². The van der Waals surface area contributed by atoms with E-state index in [9.17, 15) is 13.2 Å². The Morgan fingerprint density at radius 1 is 1.06 bits per heavy atom. The van der Waals surface area contributed by atoms with Crippen molar-refractivity contribution in [2.45, 2.75) is 31.5 Å². The van der Waals surface area contributed by atoms with E-state index in [2.05, 4.69) is 27.3 Å². The van der Waals surface area contributed by atoms with Crippen LogP contribution in [0, 0.1) is 0 Å². The van der Waals surface area contributed by atoms with Crippen LogP contribution >= 0.6 is 24.0 Å². The summed E-state index contributed by atoms with van der Waals surface area (Å²) in [6.45, 7) is 2.90. The number of guanidine groups is 1. The first kappa shape index (κ1) is 24.8. The summed E-state index contributed by atoms with van der Waals surface area (Å²) in [6.07, 6.45) is -0.978. The van der Waals surface area contributed by atoms with Gasteiger partial charge in [0.05, 0.1) is 31.4 Å². The van der Waals surface area contributed by atoms with Gasteiger partial charge in [-0.25, -0.2) is 0 Å². The van der Waals surface area contributed by atoms with Crippen LogP contribution in [0.3, 0.4) is 0 Å². The Morgan fingerprint density at radius 2 is 1.75 bits per heavy atom. The number of benzene rings is 2. The molecule has 1 saturated heterocycles. The topological polar surface area (TPSA) is 62.9 Å². The molecule has 2 aliphatic rings. The zero-order valence-corrected chi connectivity index (χ0v) is 20.0. The van der Waals surface area contributed by atoms with Crippen molar-refractivity contribution < 1.29 is 17.9 Å². The first-order valence-electron chi connectivity index (χ1n) is 10.6. The lowest BCUT2D eigenvalue weighted by molar-refractivity contribution is -0.137. The fourth-order valence-corrected chi connectivity index (χ4v) is 4.24. The third-order valence-electron chi connectivity index (χ3n) is 5.91. The molecule has 0 bridgehead atoms. The number of ether oxygens (including phenoxy) is 1. The number of nitrogens with one attached hydrogen (secondary N) is 1. The number of aryl methyl sites for hydroxylation is 2. The molecule has 174 valence electrons. The molecule has 5 nitrogen and oxygen atoms in total. The summed E-state index contributed by atoms with van der Waals surface area (Å²) in [5.74, 6) is 0.295. The average molecular weight is 560 g/mol. The van der Waals surface area contributed by atoms with Gasteiger partial charge < -0.3 is 15.8 Å². The van der Waals surface area contributed by atoms with Crippen molar-refractivity contribution in [3.8, 4) is 0 Å². The number of nitrogens with zero attached hydrogens (tertiary/aromatic N) is 2. The number of aliphatic imine (C=N–C) groups is 1. The monoisotopic (exact) mass is 560 g/mol. The van der Waals surface area contributed by atoms with Gasteiger partial charge in [-0.3, -0.25) is 9.89 Å². The maximum Gasteiger partial charge on any atom is 0.416 e. The summed E-state index contributed by atoms with van der Waals surface area (Å²) in [7, 11) is 0. The van der Waals surface area contributed by atoms with Crippen molar-refractivity contribution in [3.05, 3.63) is 64.7 Å². The van der Waals surface area contributed by atoms with Crippen LogP contribution in [0.15, 0.2) is 47.5 Å². The largest absolute Gasteiger partial charge is 0.416 e. The van der Waals surface area contributed by atoms with Crippen LogP contribution in [0.25, 0.3) is 0 Å². The van der Waals surface area contributed by atoms with Crippen LogP contribution in [0.4, 0.5) is 18.9 Å². The Balaban J connectivity index is 0.00000289. The molecular weight excluding hydrogens is 532 g/mol. The van der Waals surface area contributed by atoms with E-state index in [1.54, 1.807) is 0 Å². The van der Waals surface area contributed by atoms with E-state index in [4.69, 9.17) is 10.5 Å². The fourth-order valence-electron chi connectivity index (χ4n) is 4.24. The molecule has 0 amide bonds. The summed E-state index contributed by atoms with van der Waals surface area (Å²) in [4.78, 5) is 6.69. The Morgan fingerprint density at radius 3 is 2.44 bits per heavy atom. The van der Waals surface area contributed by atoms with Crippen molar-refractivity contribution in [1.29, 1.82) is 0 Å². The van der Waals surface area contributed by atoms with Crippen LogP contribution in [0.1, 0.15) is 34.7 Å². The molecule has 4 rings (SSSR count).